The molecule has 5 rings (SSSR count). The molecular formula is C34H40N2O4. The van der Waals surface area contributed by atoms with E-state index in [9.17, 15) is 9.90 Å². The van der Waals surface area contributed by atoms with Crippen molar-refractivity contribution in [1.82, 2.24) is 4.57 Å². The zero-order valence-electron chi connectivity index (χ0n) is 25.0. The van der Waals surface area contributed by atoms with Gasteiger partial charge in [0.15, 0.2) is 11.5 Å². The summed E-state index contributed by atoms with van der Waals surface area (Å²) in [6, 6.07) is 11.8. The second kappa shape index (κ2) is 10.6. The van der Waals surface area contributed by atoms with Crippen molar-refractivity contribution in [3.8, 4) is 11.5 Å². The summed E-state index contributed by atoms with van der Waals surface area (Å²) < 4.78 is 15.5. The van der Waals surface area contributed by atoms with Crippen molar-refractivity contribution in [3.05, 3.63) is 64.6 Å². The lowest BCUT2D eigenvalue weighted by Crippen LogP contribution is -2.31. The molecule has 2 aliphatic rings. The number of benzene rings is 2. The zero-order valence-corrected chi connectivity index (χ0v) is 25.0. The first kappa shape index (κ1) is 27.8. The standard InChI is InChI=1S/C34H40N2O4/c1-19(2)13-15-35-21(5)29(25-17-23(39-7)9-11-27(25)35)31-33(37)32(34(31)38)30-22(6)36(16-14-20(3)4)28-12-10-24(40-8)18-26(28)30/h9-12,17-20H,13-16H2,1-8H3. The first-order valence-corrected chi connectivity index (χ1v) is 14.3. The summed E-state index contributed by atoms with van der Waals surface area (Å²) in [6.07, 6.45) is 2.00. The van der Waals surface area contributed by atoms with Crippen LogP contribution in [0, 0.1) is 18.8 Å². The number of ether oxygens (including phenoxy) is 2. The predicted molar refractivity (Wildman–Crippen MR) is 159 cm³/mol. The van der Waals surface area contributed by atoms with Crippen LogP contribution < -0.4 is 14.6 Å². The van der Waals surface area contributed by atoms with E-state index in [-0.39, 0.29) is 22.7 Å². The Morgan fingerprint density at radius 3 is 2.15 bits per heavy atom. The molecule has 6 nitrogen and oxygen atoms in total. The second-order valence-corrected chi connectivity index (χ2v) is 11.8. The Balaban J connectivity index is 1.72. The number of carbonyl (C=O) groups excluding carboxylic acids is 1. The van der Waals surface area contributed by atoms with E-state index in [1.807, 2.05) is 50.2 Å². The summed E-state index contributed by atoms with van der Waals surface area (Å²) >= 11 is 0. The maximum absolute atomic E-state index is 14.0. The van der Waals surface area contributed by atoms with Crippen molar-refractivity contribution in [3.63, 3.8) is 0 Å². The van der Waals surface area contributed by atoms with Gasteiger partial charge in [0.05, 0.1) is 25.4 Å². The first-order valence-electron chi connectivity index (χ1n) is 14.3. The van der Waals surface area contributed by atoms with E-state index >= 15 is 0 Å². The van der Waals surface area contributed by atoms with Crippen molar-refractivity contribution in [1.29, 1.82) is 0 Å². The first-order chi connectivity index (χ1) is 19.1. The lowest BCUT2D eigenvalue weighted by molar-refractivity contribution is -0.439. The van der Waals surface area contributed by atoms with Gasteiger partial charge < -0.3 is 19.1 Å². The Labute approximate surface area is 237 Å². The molecule has 0 bridgehead atoms. The van der Waals surface area contributed by atoms with Crippen LogP contribution in [0.25, 0.3) is 22.0 Å². The van der Waals surface area contributed by atoms with Crippen LogP contribution in [0.4, 0.5) is 5.69 Å². The molecule has 0 N–H and O–H groups in total. The number of rotatable bonds is 9. The van der Waals surface area contributed by atoms with Crippen LogP contribution in [-0.2, 0) is 11.3 Å². The molecule has 0 fully saturated rings. The van der Waals surface area contributed by atoms with Crippen LogP contribution in [0.5, 0.6) is 11.5 Å². The summed E-state index contributed by atoms with van der Waals surface area (Å²) in [7, 11) is 3.27. The minimum absolute atomic E-state index is 0.187. The van der Waals surface area contributed by atoms with E-state index in [0.29, 0.717) is 23.3 Å². The highest BCUT2D eigenvalue weighted by atomic mass is 16.5. The summed E-state index contributed by atoms with van der Waals surface area (Å²) in [6.45, 7) is 14.5. The number of methoxy groups -OCH3 is 2. The SMILES string of the molecule is COc1ccc2c(c1)/C(=C1/C(=O)C(c3c(C)n(CCC(C)C)c4ccc(OC)cc34)=C1[O-])C(C)=[N+]2CCC(C)C. The molecule has 0 radical (unpaired) electrons. The predicted octanol–water partition coefficient (Wildman–Crippen LogP) is 6.29. The van der Waals surface area contributed by atoms with Crippen molar-refractivity contribution in [2.45, 2.75) is 60.9 Å². The normalized spacial score (nSPS) is 17.0. The molecule has 1 aromatic heterocycles. The molecule has 210 valence electrons. The summed E-state index contributed by atoms with van der Waals surface area (Å²) in [4.78, 5) is 14.0. The van der Waals surface area contributed by atoms with Gasteiger partial charge in [-0.25, -0.2) is 0 Å². The molecule has 1 aliphatic heterocycles. The number of aryl methyl sites for hydroxylation is 1. The Bertz CT molecular complexity index is 1610. The van der Waals surface area contributed by atoms with Crippen LogP contribution in [0.15, 0.2) is 47.7 Å². The van der Waals surface area contributed by atoms with Crippen LogP contribution in [0.1, 0.15) is 64.3 Å². The van der Waals surface area contributed by atoms with Gasteiger partial charge in [-0.15, -0.1) is 0 Å². The van der Waals surface area contributed by atoms with E-state index in [4.69, 9.17) is 9.47 Å². The average Bonchev–Trinajstić information content (AvgIpc) is 3.35. The van der Waals surface area contributed by atoms with Crippen LogP contribution in [-0.4, -0.2) is 41.4 Å². The molecule has 0 amide bonds. The van der Waals surface area contributed by atoms with Gasteiger partial charge >= 0.3 is 0 Å². The fraction of sp³-hybridized carbons (Fsp3) is 0.412. The Morgan fingerprint density at radius 2 is 1.52 bits per heavy atom. The Hall–Kier alpha value is -3.80. The van der Waals surface area contributed by atoms with Gasteiger partial charge in [0.1, 0.15) is 18.0 Å². The topological polar surface area (TPSA) is 66.5 Å². The lowest BCUT2D eigenvalue weighted by atomic mass is 9.78. The quantitative estimate of drug-likeness (QED) is 0.236. The number of nitrogens with zero attached hydrogens (tertiary/aromatic N) is 2. The molecule has 0 spiro atoms. The highest BCUT2D eigenvalue weighted by Crippen LogP contribution is 2.47. The van der Waals surface area contributed by atoms with Crippen molar-refractivity contribution in [2.24, 2.45) is 11.8 Å². The Morgan fingerprint density at radius 1 is 0.875 bits per heavy atom. The number of fused-ring (bicyclic) bond motifs is 2. The van der Waals surface area contributed by atoms with Gasteiger partial charge in [-0.1, -0.05) is 33.5 Å². The Kier molecular flexibility index (Phi) is 7.38. The largest absolute Gasteiger partial charge is 0.871 e. The van der Waals surface area contributed by atoms with E-state index < -0.39 is 0 Å². The van der Waals surface area contributed by atoms with Gasteiger partial charge in [0.2, 0.25) is 5.69 Å². The number of hydrogen-bond donors (Lipinski definition) is 0. The van der Waals surface area contributed by atoms with E-state index in [1.165, 1.54) is 0 Å². The number of aromatic nitrogens is 1. The highest BCUT2D eigenvalue weighted by molar-refractivity contribution is 6.47. The third-order valence-corrected chi connectivity index (χ3v) is 8.33. The van der Waals surface area contributed by atoms with Crippen LogP contribution in [0.2, 0.25) is 0 Å². The molecule has 0 unspecified atom stereocenters. The number of allylic oxidation sites excluding steroid dienone is 3. The minimum Gasteiger partial charge on any atom is -0.871 e. The van der Waals surface area contributed by atoms with E-state index in [0.717, 1.165) is 70.6 Å². The van der Waals surface area contributed by atoms with Gasteiger partial charge in [0, 0.05) is 59.3 Å². The maximum atomic E-state index is 14.0. The maximum Gasteiger partial charge on any atom is 0.213 e. The molecule has 0 saturated heterocycles. The summed E-state index contributed by atoms with van der Waals surface area (Å²) in [5, 5.41) is 14.9. The number of hydrogen-bond acceptors (Lipinski definition) is 4. The molecule has 1 aliphatic carbocycles. The molecule has 40 heavy (non-hydrogen) atoms. The molecule has 6 heteroatoms. The third-order valence-electron chi connectivity index (χ3n) is 8.33. The van der Waals surface area contributed by atoms with Crippen molar-refractivity contribution >= 4 is 39.2 Å². The zero-order chi connectivity index (χ0) is 28.9. The monoisotopic (exact) mass is 540 g/mol. The van der Waals surface area contributed by atoms with Crippen LogP contribution in [0.3, 0.4) is 0 Å². The molecule has 0 saturated carbocycles. The smallest absolute Gasteiger partial charge is 0.213 e. The van der Waals surface area contributed by atoms with Gasteiger partial charge in [-0.05, 0) is 55.5 Å². The van der Waals surface area contributed by atoms with Crippen molar-refractivity contribution < 1.29 is 24.0 Å². The molecule has 0 atom stereocenters. The molecular weight excluding hydrogens is 500 g/mol. The fourth-order valence-electron chi connectivity index (χ4n) is 6.01. The summed E-state index contributed by atoms with van der Waals surface area (Å²) in [5.41, 5.74) is 6.82. The van der Waals surface area contributed by atoms with Crippen molar-refractivity contribution in [2.75, 3.05) is 20.8 Å². The number of ketones is 1. The molecule has 2 heterocycles. The second-order valence-electron chi connectivity index (χ2n) is 11.8. The lowest BCUT2D eigenvalue weighted by Gasteiger charge is -2.32. The minimum atomic E-state index is -0.187. The number of Topliss-reactive ketones (excluding diaryl/α,β-unsaturated/α-hetero) is 1. The fourth-order valence-corrected chi connectivity index (χ4v) is 6.01. The summed E-state index contributed by atoms with van der Waals surface area (Å²) in [5.74, 6) is 2.10. The number of carbonyl (C=O) groups is 1. The highest BCUT2D eigenvalue weighted by Gasteiger charge is 2.41. The molecule has 3 aromatic rings. The van der Waals surface area contributed by atoms with Gasteiger partial charge in [-0.2, -0.15) is 4.58 Å². The molecule has 2 aromatic carbocycles. The van der Waals surface area contributed by atoms with Crippen LogP contribution >= 0.6 is 0 Å². The average molecular weight is 541 g/mol. The third kappa shape index (κ3) is 4.43. The van der Waals surface area contributed by atoms with E-state index in [2.05, 4.69) is 36.8 Å². The van der Waals surface area contributed by atoms with Gasteiger partial charge in [0.25, 0.3) is 0 Å². The van der Waals surface area contributed by atoms with E-state index in [1.54, 1.807) is 14.2 Å². The van der Waals surface area contributed by atoms with Gasteiger partial charge in [-0.3, -0.25) is 4.79 Å².